The Balaban J connectivity index is 1.75. The van der Waals surface area contributed by atoms with Gasteiger partial charge < -0.3 is 4.74 Å². The molecule has 24 heavy (non-hydrogen) atoms. The van der Waals surface area contributed by atoms with Gasteiger partial charge in [0.1, 0.15) is 5.69 Å². The van der Waals surface area contributed by atoms with Crippen LogP contribution in [-0.4, -0.2) is 23.0 Å². The first-order valence-corrected chi connectivity index (χ1v) is 8.46. The van der Waals surface area contributed by atoms with E-state index < -0.39 is 11.7 Å². The summed E-state index contributed by atoms with van der Waals surface area (Å²) in [7, 11) is 1.37. The average Bonchev–Trinajstić information content (AvgIpc) is 3.04. The topological polar surface area (TPSA) is 64.1 Å². The van der Waals surface area contributed by atoms with Crippen molar-refractivity contribution in [1.29, 1.82) is 0 Å². The Bertz CT molecular complexity index is 883. The van der Waals surface area contributed by atoms with Crippen LogP contribution in [0.15, 0.2) is 46.4 Å². The van der Waals surface area contributed by atoms with E-state index in [0.717, 1.165) is 10.5 Å². The van der Waals surface area contributed by atoms with Gasteiger partial charge in [0.05, 0.1) is 12.8 Å². The largest absolute Gasteiger partial charge is 0.494 e. The number of aromatic nitrogens is 2. The maximum Gasteiger partial charge on any atom is 0.257 e. The molecule has 0 aliphatic carbocycles. The third kappa shape index (κ3) is 3.60. The number of nitrogens with zero attached hydrogens (tertiary/aromatic N) is 2. The fourth-order valence-electron chi connectivity index (χ4n) is 1.95. The first-order valence-electron chi connectivity index (χ1n) is 6.79. The van der Waals surface area contributed by atoms with Crippen molar-refractivity contribution in [3.05, 3.63) is 57.8 Å². The molecule has 3 aromatic rings. The molecule has 1 N–H and O–H groups in total. The van der Waals surface area contributed by atoms with Crippen LogP contribution in [0.2, 0.25) is 0 Å². The second kappa shape index (κ2) is 7.06. The van der Waals surface area contributed by atoms with Crippen LogP contribution in [0.4, 0.5) is 9.52 Å². The number of pyridine rings is 1. The summed E-state index contributed by atoms with van der Waals surface area (Å²) in [6.45, 7) is 0. The van der Waals surface area contributed by atoms with Crippen LogP contribution in [0.1, 0.15) is 10.4 Å². The minimum absolute atomic E-state index is 0.0874. The number of methoxy groups -OCH3 is 1. The number of rotatable bonds is 4. The van der Waals surface area contributed by atoms with Gasteiger partial charge in [-0.3, -0.25) is 15.1 Å². The smallest absolute Gasteiger partial charge is 0.257 e. The Morgan fingerprint density at radius 2 is 2.12 bits per heavy atom. The second-order valence-electron chi connectivity index (χ2n) is 4.70. The summed E-state index contributed by atoms with van der Waals surface area (Å²) < 4.78 is 19.4. The first kappa shape index (κ1) is 16.5. The number of anilines is 1. The van der Waals surface area contributed by atoms with Gasteiger partial charge >= 0.3 is 0 Å². The molecular formula is C16H11BrFN3O2S. The van der Waals surface area contributed by atoms with Gasteiger partial charge in [-0.25, -0.2) is 9.37 Å². The molecule has 8 heteroatoms. The number of ether oxygens (including phenoxy) is 1. The number of nitrogens with one attached hydrogen (secondary N) is 1. The number of amides is 1. The van der Waals surface area contributed by atoms with E-state index in [0.29, 0.717) is 16.5 Å². The van der Waals surface area contributed by atoms with Crippen LogP contribution in [0.5, 0.6) is 5.75 Å². The van der Waals surface area contributed by atoms with Crippen molar-refractivity contribution in [3.63, 3.8) is 0 Å². The summed E-state index contributed by atoms with van der Waals surface area (Å²) >= 11 is 4.59. The van der Waals surface area contributed by atoms with E-state index in [-0.39, 0.29) is 11.3 Å². The van der Waals surface area contributed by atoms with Gasteiger partial charge in [0.25, 0.3) is 5.91 Å². The standard InChI is InChI=1S/C16H11BrFN3O2S/c1-23-14-5-2-9(6-11(14)18)15(22)21-16-20-13(8-24-16)12-4-3-10(17)7-19-12/h2-8H,1H3,(H,20,21,22). The number of thiazole rings is 1. The molecule has 0 fully saturated rings. The second-order valence-corrected chi connectivity index (χ2v) is 6.48. The molecule has 122 valence electrons. The van der Waals surface area contributed by atoms with E-state index in [9.17, 15) is 9.18 Å². The van der Waals surface area contributed by atoms with E-state index in [2.05, 4.69) is 31.2 Å². The van der Waals surface area contributed by atoms with Crippen LogP contribution >= 0.6 is 27.3 Å². The number of hydrogen-bond donors (Lipinski definition) is 1. The molecule has 2 heterocycles. The number of carbonyl (C=O) groups is 1. The lowest BCUT2D eigenvalue weighted by atomic mass is 10.2. The van der Waals surface area contributed by atoms with Gasteiger partial charge in [0.15, 0.2) is 16.7 Å². The van der Waals surface area contributed by atoms with Crippen molar-refractivity contribution < 1.29 is 13.9 Å². The van der Waals surface area contributed by atoms with Crippen LogP contribution in [-0.2, 0) is 0 Å². The molecule has 1 amide bonds. The SMILES string of the molecule is COc1ccc(C(=O)Nc2nc(-c3ccc(Br)cn3)cs2)cc1F. The molecule has 1 aromatic carbocycles. The zero-order chi connectivity index (χ0) is 17.1. The lowest BCUT2D eigenvalue weighted by Crippen LogP contribution is -2.12. The van der Waals surface area contributed by atoms with Crippen LogP contribution in [0.3, 0.4) is 0 Å². The molecule has 0 bridgehead atoms. The fraction of sp³-hybridized carbons (Fsp3) is 0.0625. The highest BCUT2D eigenvalue weighted by atomic mass is 79.9. The third-order valence-corrected chi connectivity index (χ3v) is 4.36. The summed E-state index contributed by atoms with van der Waals surface area (Å²) in [6, 6.07) is 7.70. The van der Waals surface area contributed by atoms with E-state index in [1.165, 1.54) is 30.6 Å². The summed E-state index contributed by atoms with van der Waals surface area (Å²) in [4.78, 5) is 20.8. The molecule has 0 unspecified atom stereocenters. The summed E-state index contributed by atoms with van der Waals surface area (Å²) in [5.74, 6) is -0.949. The maximum atomic E-state index is 13.7. The number of benzene rings is 1. The normalized spacial score (nSPS) is 10.5. The van der Waals surface area contributed by atoms with Gasteiger partial charge in [-0.2, -0.15) is 0 Å². The van der Waals surface area contributed by atoms with E-state index >= 15 is 0 Å². The van der Waals surface area contributed by atoms with Crippen molar-refractivity contribution in [2.24, 2.45) is 0 Å². The summed E-state index contributed by atoms with van der Waals surface area (Å²) in [6.07, 6.45) is 1.67. The van der Waals surface area contributed by atoms with Crippen molar-refractivity contribution in [2.75, 3.05) is 12.4 Å². The van der Waals surface area contributed by atoms with E-state index in [1.807, 2.05) is 12.1 Å². The summed E-state index contributed by atoms with van der Waals surface area (Å²) in [5, 5.41) is 4.85. The quantitative estimate of drug-likeness (QED) is 0.697. The zero-order valence-electron chi connectivity index (χ0n) is 12.4. The lowest BCUT2D eigenvalue weighted by molar-refractivity contribution is 0.102. The third-order valence-electron chi connectivity index (χ3n) is 3.13. The number of carbonyl (C=O) groups excluding carboxylic acids is 1. The molecule has 2 aromatic heterocycles. The molecule has 0 aliphatic heterocycles. The number of hydrogen-bond acceptors (Lipinski definition) is 5. The highest BCUT2D eigenvalue weighted by Crippen LogP contribution is 2.25. The minimum atomic E-state index is -0.593. The predicted molar refractivity (Wildman–Crippen MR) is 94.0 cm³/mol. The van der Waals surface area contributed by atoms with Gasteiger partial charge in [0.2, 0.25) is 0 Å². The Kier molecular flexibility index (Phi) is 4.86. The molecular weight excluding hydrogens is 397 g/mol. The highest BCUT2D eigenvalue weighted by Gasteiger charge is 2.13. The van der Waals surface area contributed by atoms with Gasteiger partial charge in [0, 0.05) is 21.6 Å². The van der Waals surface area contributed by atoms with Gasteiger partial charge in [-0.05, 0) is 46.3 Å². The number of halogens is 2. The van der Waals surface area contributed by atoms with Crippen LogP contribution < -0.4 is 10.1 Å². The summed E-state index contributed by atoms with van der Waals surface area (Å²) in [5.41, 5.74) is 1.54. The predicted octanol–water partition coefficient (Wildman–Crippen LogP) is 4.37. The zero-order valence-corrected chi connectivity index (χ0v) is 14.8. The molecule has 5 nitrogen and oxygen atoms in total. The Hall–Kier alpha value is -2.32. The molecule has 0 saturated carbocycles. The molecule has 0 saturated heterocycles. The highest BCUT2D eigenvalue weighted by molar-refractivity contribution is 9.10. The van der Waals surface area contributed by atoms with E-state index in [4.69, 9.17) is 4.74 Å². The molecule has 0 radical (unpaired) electrons. The average molecular weight is 408 g/mol. The van der Waals surface area contributed by atoms with Crippen LogP contribution in [0, 0.1) is 5.82 Å². The Labute approximate surface area is 149 Å². The van der Waals surface area contributed by atoms with Crippen molar-refractivity contribution >= 4 is 38.3 Å². The van der Waals surface area contributed by atoms with Crippen molar-refractivity contribution in [3.8, 4) is 17.1 Å². The van der Waals surface area contributed by atoms with Crippen molar-refractivity contribution in [1.82, 2.24) is 9.97 Å². The van der Waals surface area contributed by atoms with Gasteiger partial charge in [-0.1, -0.05) is 0 Å². The molecule has 0 aliphatic rings. The first-order chi connectivity index (χ1) is 11.6. The monoisotopic (exact) mass is 407 g/mol. The maximum absolute atomic E-state index is 13.7. The Morgan fingerprint density at radius 1 is 1.29 bits per heavy atom. The Morgan fingerprint density at radius 3 is 2.79 bits per heavy atom. The van der Waals surface area contributed by atoms with E-state index in [1.54, 1.807) is 11.6 Å². The molecule has 0 atom stereocenters. The molecule has 0 spiro atoms. The molecule has 3 rings (SSSR count). The lowest BCUT2D eigenvalue weighted by Gasteiger charge is -2.05. The van der Waals surface area contributed by atoms with Crippen LogP contribution in [0.25, 0.3) is 11.4 Å². The van der Waals surface area contributed by atoms with Gasteiger partial charge in [-0.15, -0.1) is 11.3 Å². The minimum Gasteiger partial charge on any atom is -0.494 e. The fourth-order valence-corrected chi connectivity index (χ4v) is 2.89. The van der Waals surface area contributed by atoms with Crippen molar-refractivity contribution in [2.45, 2.75) is 0 Å².